The molecular formula is C17H23NO3. The largest absolute Gasteiger partial charge is 0.497 e. The molecule has 0 saturated heterocycles. The third-order valence-corrected chi connectivity index (χ3v) is 3.25. The van der Waals surface area contributed by atoms with Crippen molar-refractivity contribution in [2.24, 2.45) is 0 Å². The van der Waals surface area contributed by atoms with Crippen molar-refractivity contribution >= 4 is 0 Å². The van der Waals surface area contributed by atoms with Crippen LogP contribution >= 0.6 is 0 Å². The van der Waals surface area contributed by atoms with Crippen LogP contribution < -0.4 is 14.8 Å². The van der Waals surface area contributed by atoms with Crippen LogP contribution in [0.25, 0.3) is 0 Å². The quantitative estimate of drug-likeness (QED) is 0.753. The summed E-state index contributed by atoms with van der Waals surface area (Å²) >= 11 is 0. The Morgan fingerprint density at radius 2 is 1.86 bits per heavy atom. The third kappa shape index (κ3) is 4.53. The van der Waals surface area contributed by atoms with Gasteiger partial charge in [0.2, 0.25) is 0 Å². The van der Waals surface area contributed by atoms with Gasteiger partial charge in [0.1, 0.15) is 29.6 Å². The van der Waals surface area contributed by atoms with E-state index in [0.29, 0.717) is 6.61 Å². The van der Waals surface area contributed by atoms with Crippen molar-refractivity contribution < 1.29 is 13.9 Å². The van der Waals surface area contributed by atoms with Crippen LogP contribution in [0.3, 0.4) is 0 Å². The van der Waals surface area contributed by atoms with Gasteiger partial charge in [0.05, 0.1) is 13.7 Å². The van der Waals surface area contributed by atoms with E-state index in [4.69, 9.17) is 13.9 Å². The Kier molecular flexibility index (Phi) is 5.69. The first-order valence-corrected chi connectivity index (χ1v) is 7.28. The molecule has 0 aliphatic carbocycles. The topological polar surface area (TPSA) is 43.6 Å². The highest BCUT2D eigenvalue weighted by molar-refractivity contribution is 5.31. The van der Waals surface area contributed by atoms with Gasteiger partial charge in [-0.15, -0.1) is 0 Å². The molecule has 1 aromatic carbocycles. The lowest BCUT2D eigenvalue weighted by Crippen LogP contribution is -2.13. The second-order valence-electron chi connectivity index (χ2n) is 4.94. The maximum Gasteiger partial charge on any atom is 0.120 e. The number of benzene rings is 1. The zero-order valence-electron chi connectivity index (χ0n) is 12.9. The van der Waals surface area contributed by atoms with Crippen LogP contribution in [0.5, 0.6) is 11.5 Å². The number of aryl methyl sites for hydroxylation is 1. The molecular weight excluding hydrogens is 266 g/mol. The van der Waals surface area contributed by atoms with E-state index in [9.17, 15) is 0 Å². The van der Waals surface area contributed by atoms with Crippen LogP contribution in [0.4, 0.5) is 0 Å². The molecule has 2 rings (SSSR count). The summed E-state index contributed by atoms with van der Waals surface area (Å²) in [6.07, 6.45) is 1.12. The van der Waals surface area contributed by atoms with E-state index in [1.807, 2.05) is 31.2 Å². The van der Waals surface area contributed by atoms with Gasteiger partial charge in [-0.3, -0.25) is 0 Å². The van der Waals surface area contributed by atoms with E-state index in [-0.39, 0.29) is 0 Å². The van der Waals surface area contributed by atoms with Gasteiger partial charge in [-0.25, -0.2) is 0 Å². The van der Waals surface area contributed by atoms with Crippen LogP contribution in [0.15, 0.2) is 34.7 Å². The molecule has 0 aliphatic heterocycles. The zero-order chi connectivity index (χ0) is 15.1. The molecule has 0 atom stereocenters. The van der Waals surface area contributed by atoms with Crippen LogP contribution in [0.1, 0.15) is 30.4 Å². The van der Waals surface area contributed by atoms with E-state index >= 15 is 0 Å². The molecule has 2 aromatic rings. The van der Waals surface area contributed by atoms with Crippen LogP contribution in [0.2, 0.25) is 0 Å². The number of methoxy groups -OCH3 is 1. The molecule has 21 heavy (non-hydrogen) atoms. The molecule has 1 heterocycles. The monoisotopic (exact) mass is 289 g/mol. The Hall–Kier alpha value is -1.94. The van der Waals surface area contributed by atoms with E-state index in [2.05, 4.69) is 18.3 Å². The highest BCUT2D eigenvalue weighted by atomic mass is 16.5. The summed E-state index contributed by atoms with van der Waals surface area (Å²) in [6.45, 7) is 6.38. The van der Waals surface area contributed by atoms with Gasteiger partial charge in [-0.1, -0.05) is 6.92 Å². The molecule has 0 fully saturated rings. The van der Waals surface area contributed by atoms with Crippen molar-refractivity contribution in [1.82, 2.24) is 5.32 Å². The maximum atomic E-state index is 5.78. The van der Waals surface area contributed by atoms with Crippen LogP contribution in [-0.2, 0) is 13.2 Å². The van der Waals surface area contributed by atoms with Crippen molar-refractivity contribution in [3.05, 3.63) is 47.4 Å². The highest BCUT2D eigenvalue weighted by Crippen LogP contribution is 2.20. The summed E-state index contributed by atoms with van der Waals surface area (Å²) in [5.74, 6) is 3.51. The normalized spacial score (nSPS) is 10.6. The molecule has 4 nitrogen and oxygen atoms in total. The Balaban J connectivity index is 1.89. The molecule has 1 aromatic heterocycles. The number of hydrogen-bond acceptors (Lipinski definition) is 4. The van der Waals surface area contributed by atoms with E-state index in [0.717, 1.165) is 48.1 Å². The standard InChI is InChI=1S/C17H23NO3/c1-4-9-18-11-17-10-14(13(2)21-17)12-20-16-7-5-15(19-3)6-8-16/h5-8,10,18H,4,9,11-12H2,1-3H3. The SMILES string of the molecule is CCCNCc1cc(COc2ccc(OC)cc2)c(C)o1. The Morgan fingerprint density at radius 3 is 2.52 bits per heavy atom. The third-order valence-electron chi connectivity index (χ3n) is 3.25. The summed E-state index contributed by atoms with van der Waals surface area (Å²) < 4.78 is 16.6. The molecule has 0 radical (unpaired) electrons. The molecule has 0 bridgehead atoms. The molecule has 0 amide bonds. The van der Waals surface area contributed by atoms with Crippen molar-refractivity contribution in [3.8, 4) is 11.5 Å². The predicted octanol–water partition coefficient (Wildman–Crippen LogP) is 3.68. The first-order chi connectivity index (χ1) is 10.2. The minimum Gasteiger partial charge on any atom is -0.497 e. The Morgan fingerprint density at radius 1 is 1.14 bits per heavy atom. The number of ether oxygens (including phenoxy) is 2. The smallest absolute Gasteiger partial charge is 0.120 e. The second-order valence-corrected chi connectivity index (χ2v) is 4.94. The molecule has 1 N–H and O–H groups in total. The van der Waals surface area contributed by atoms with Gasteiger partial charge in [-0.2, -0.15) is 0 Å². The predicted molar refractivity (Wildman–Crippen MR) is 82.8 cm³/mol. The fraction of sp³-hybridized carbons (Fsp3) is 0.412. The number of rotatable bonds is 8. The lowest BCUT2D eigenvalue weighted by Gasteiger charge is -2.06. The Bertz CT molecular complexity index is 546. The number of furan rings is 1. The Labute approximate surface area is 126 Å². The first-order valence-electron chi connectivity index (χ1n) is 7.28. The molecule has 0 unspecified atom stereocenters. The van der Waals surface area contributed by atoms with Gasteiger partial charge in [0, 0.05) is 5.56 Å². The van der Waals surface area contributed by atoms with E-state index < -0.39 is 0 Å². The summed E-state index contributed by atoms with van der Waals surface area (Å²) in [5.41, 5.74) is 1.08. The summed E-state index contributed by atoms with van der Waals surface area (Å²) in [5, 5.41) is 3.33. The van der Waals surface area contributed by atoms with E-state index in [1.54, 1.807) is 7.11 Å². The number of nitrogens with one attached hydrogen (secondary N) is 1. The summed E-state index contributed by atoms with van der Waals surface area (Å²) in [7, 11) is 1.65. The van der Waals surface area contributed by atoms with Gasteiger partial charge >= 0.3 is 0 Å². The lowest BCUT2D eigenvalue weighted by atomic mass is 10.2. The van der Waals surface area contributed by atoms with Crippen molar-refractivity contribution in [3.63, 3.8) is 0 Å². The minimum atomic E-state index is 0.509. The van der Waals surface area contributed by atoms with Gasteiger partial charge in [0.25, 0.3) is 0 Å². The van der Waals surface area contributed by atoms with Crippen molar-refractivity contribution in [1.29, 1.82) is 0 Å². The van der Waals surface area contributed by atoms with Crippen molar-refractivity contribution in [2.45, 2.75) is 33.4 Å². The van der Waals surface area contributed by atoms with Crippen molar-refractivity contribution in [2.75, 3.05) is 13.7 Å². The molecule has 0 saturated carbocycles. The fourth-order valence-electron chi connectivity index (χ4n) is 2.04. The molecule has 114 valence electrons. The molecule has 4 heteroatoms. The maximum absolute atomic E-state index is 5.78. The fourth-order valence-corrected chi connectivity index (χ4v) is 2.04. The average molecular weight is 289 g/mol. The van der Waals surface area contributed by atoms with Gasteiger partial charge in [0.15, 0.2) is 0 Å². The van der Waals surface area contributed by atoms with Gasteiger partial charge in [-0.05, 0) is 50.2 Å². The summed E-state index contributed by atoms with van der Waals surface area (Å²) in [6, 6.07) is 9.63. The lowest BCUT2D eigenvalue weighted by molar-refractivity contribution is 0.302. The molecule has 0 spiro atoms. The second kappa shape index (κ2) is 7.74. The highest BCUT2D eigenvalue weighted by Gasteiger charge is 2.08. The average Bonchev–Trinajstić information content (AvgIpc) is 2.86. The summed E-state index contributed by atoms with van der Waals surface area (Å²) in [4.78, 5) is 0. The number of hydrogen-bond donors (Lipinski definition) is 1. The minimum absolute atomic E-state index is 0.509. The van der Waals surface area contributed by atoms with Crippen LogP contribution in [-0.4, -0.2) is 13.7 Å². The molecule has 0 aliphatic rings. The van der Waals surface area contributed by atoms with Gasteiger partial charge < -0.3 is 19.2 Å². The first kappa shape index (κ1) is 15.4. The zero-order valence-corrected chi connectivity index (χ0v) is 12.9. The van der Waals surface area contributed by atoms with Crippen LogP contribution in [0, 0.1) is 6.92 Å². The van der Waals surface area contributed by atoms with E-state index in [1.165, 1.54) is 0 Å².